The van der Waals surface area contributed by atoms with Gasteiger partial charge >= 0.3 is 0 Å². The summed E-state index contributed by atoms with van der Waals surface area (Å²) >= 11 is 0. The van der Waals surface area contributed by atoms with Crippen molar-refractivity contribution in [2.75, 3.05) is 12.4 Å². The van der Waals surface area contributed by atoms with Gasteiger partial charge in [-0.3, -0.25) is 4.79 Å². The summed E-state index contributed by atoms with van der Waals surface area (Å²) in [5.41, 5.74) is 0. The highest BCUT2D eigenvalue weighted by Crippen LogP contribution is 2.27. The van der Waals surface area contributed by atoms with Crippen LogP contribution in [-0.4, -0.2) is 24.3 Å². The fourth-order valence-corrected chi connectivity index (χ4v) is 1.82. The molecule has 0 radical (unpaired) electrons. The third-order valence-corrected chi connectivity index (χ3v) is 2.88. The van der Waals surface area contributed by atoms with Crippen molar-refractivity contribution in [3.63, 3.8) is 0 Å². The molecule has 0 bridgehead atoms. The van der Waals surface area contributed by atoms with E-state index in [9.17, 15) is 4.79 Å². The van der Waals surface area contributed by atoms with Gasteiger partial charge < -0.3 is 19.3 Å². The topological polar surface area (TPSA) is 73.6 Å². The molecule has 2 rings (SSSR count). The number of carbonyl (C=O) groups is 1. The van der Waals surface area contributed by atoms with Crippen LogP contribution >= 0.6 is 0 Å². The van der Waals surface area contributed by atoms with Crippen molar-refractivity contribution < 1.29 is 18.8 Å². The van der Waals surface area contributed by atoms with Crippen molar-refractivity contribution >= 4 is 11.7 Å². The summed E-state index contributed by atoms with van der Waals surface area (Å²) in [6.45, 7) is 3.62. The fraction of sp³-hybridized carbons (Fsp3) is 0.333. The third kappa shape index (κ3) is 3.75. The molecule has 0 spiro atoms. The number of ether oxygens (including phenoxy) is 2. The van der Waals surface area contributed by atoms with Gasteiger partial charge in [-0.1, -0.05) is 24.2 Å². The number of aryl methyl sites for hydroxylation is 1. The van der Waals surface area contributed by atoms with Gasteiger partial charge in [0, 0.05) is 6.07 Å². The highest BCUT2D eigenvalue weighted by molar-refractivity contribution is 5.93. The quantitative estimate of drug-likeness (QED) is 0.885. The second-order valence-corrected chi connectivity index (χ2v) is 4.48. The zero-order valence-corrected chi connectivity index (χ0v) is 12.3. The minimum atomic E-state index is -0.640. The third-order valence-electron chi connectivity index (χ3n) is 2.88. The van der Waals surface area contributed by atoms with E-state index in [1.807, 2.05) is 19.1 Å². The van der Waals surface area contributed by atoms with Gasteiger partial charge in [-0.05, 0) is 25.5 Å². The number of anilines is 1. The van der Waals surface area contributed by atoms with E-state index in [2.05, 4.69) is 10.5 Å². The highest BCUT2D eigenvalue weighted by Gasteiger charge is 2.21. The Morgan fingerprint density at radius 2 is 2.10 bits per heavy atom. The molecule has 2 aromatic rings. The number of benzene rings is 1. The number of hydrogen-bond acceptors (Lipinski definition) is 5. The maximum atomic E-state index is 12.2. The van der Waals surface area contributed by atoms with Gasteiger partial charge in [-0.15, -0.1) is 0 Å². The molecule has 1 atom stereocenters. The lowest BCUT2D eigenvalue weighted by molar-refractivity contribution is -0.122. The standard InChI is InChI=1S/C15H18N2O4/c1-4-11(15(18)16-14-9-10(2)21-17-14)20-13-8-6-5-7-12(13)19-3/h5-9,11H,4H2,1-3H3,(H,16,17,18). The number of hydrogen-bond donors (Lipinski definition) is 1. The number of rotatable bonds is 6. The van der Waals surface area contributed by atoms with Gasteiger partial charge in [-0.25, -0.2) is 0 Å². The van der Waals surface area contributed by atoms with E-state index < -0.39 is 6.10 Å². The minimum Gasteiger partial charge on any atom is -0.493 e. The Bertz CT molecular complexity index is 609. The number of nitrogens with one attached hydrogen (secondary N) is 1. The SMILES string of the molecule is CCC(Oc1ccccc1OC)C(=O)Nc1cc(C)on1. The summed E-state index contributed by atoms with van der Waals surface area (Å²) < 4.78 is 15.8. The maximum absolute atomic E-state index is 12.2. The van der Waals surface area contributed by atoms with Crippen LogP contribution < -0.4 is 14.8 Å². The number of para-hydroxylation sites is 2. The number of nitrogens with zero attached hydrogens (tertiary/aromatic N) is 1. The Balaban J connectivity index is 2.06. The van der Waals surface area contributed by atoms with Crippen molar-refractivity contribution in [3.8, 4) is 11.5 Å². The molecule has 0 aliphatic carbocycles. The molecular weight excluding hydrogens is 272 g/mol. The summed E-state index contributed by atoms with van der Waals surface area (Å²) in [5, 5.41) is 6.39. The average molecular weight is 290 g/mol. The molecule has 0 aliphatic heterocycles. The molecular formula is C15H18N2O4. The van der Waals surface area contributed by atoms with Crippen LogP contribution in [0.25, 0.3) is 0 Å². The molecule has 6 heteroatoms. The van der Waals surface area contributed by atoms with E-state index in [-0.39, 0.29) is 5.91 Å². The second-order valence-electron chi connectivity index (χ2n) is 4.48. The van der Waals surface area contributed by atoms with E-state index in [1.165, 1.54) is 0 Å². The first-order valence-corrected chi connectivity index (χ1v) is 6.68. The molecule has 6 nitrogen and oxygen atoms in total. The fourth-order valence-electron chi connectivity index (χ4n) is 1.82. The highest BCUT2D eigenvalue weighted by atomic mass is 16.5. The molecule has 1 amide bonds. The second kappa shape index (κ2) is 6.78. The van der Waals surface area contributed by atoms with E-state index in [1.54, 1.807) is 32.2 Å². The van der Waals surface area contributed by atoms with Crippen molar-refractivity contribution in [1.29, 1.82) is 0 Å². The first kappa shape index (κ1) is 14.9. The molecule has 112 valence electrons. The number of aromatic nitrogens is 1. The Labute approximate surface area is 123 Å². The molecule has 1 aromatic heterocycles. The predicted octanol–water partition coefficient (Wildman–Crippen LogP) is 2.79. The van der Waals surface area contributed by atoms with Crippen molar-refractivity contribution in [1.82, 2.24) is 5.16 Å². The monoisotopic (exact) mass is 290 g/mol. The summed E-state index contributed by atoms with van der Waals surface area (Å²) in [4.78, 5) is 12.2. The van der Waals surface area contributed by atoms with E-state index in [0.29, 0.717) is 29.5 Å². The van der Waals surface area contributed by atoms with Crippen LogP contribution in [0.5, 0.6) is 11.5 Å². The summed E-state index contributed by atoms with van der Waals surface area (Å²) in [6, 6.07) is 8.85. The largest absolute Gasteiger partial charge is 0.493 e. The van der Waals surface area contributed by atoms with Gasteiger partial charge in [0.1, 0.15) is 5.76 Å². The van der Waals surface area contributed by atoms with Crippen molar-refractivity contribution in [2.45, 2.75) is 26.4 Å². The van der Waals surface area contributed by atoms with Crippen LogP contribution in [0.1, 0.15) is 19.1 Å². The number of methoxy groups -OCH3 is 1. The maximum Gasteiger partial charge on any atom is 0.266 e. The number of amides is 1. The predicted molar refractivity (Wildman–Crippen MR) is 77.6 cm³/mol. The first-order valence-electron chi connectivity index (χ1n) is 6.68. The minimum absolute atomic E-state index is 0.281. The first-order chi connectivity index (χ1) is 10.1. The molecule has 0 saturated carbocycles. The molecule has 0 fully saturated rings. The Morgan fingerprint density at radius 1 is 1.38 bits per heavy atom. The molecule has 1 aromatic carbocycles. The lowest BCUT2D eigenvalue weighted by Gasteiger charge is -2.18. The summed E-state index contributed by atoms with van der Waals surface area (Å²) in [6.07, 6.45) is -0.126. The lowest BCUT2D eigenvalue weighted by atomic mass is 10.2. The van der Waals surface area contributed by atoms with Gasteiger partial charge in [0.15, 0.2) is 23.4 Å². The van der Waals surface area contributed by atoms with Gasteiger partial charge in [0.25, 0.3) is 5.91 Å². The van der Waals surface area contributed by atoms with Crippen molar-refractivity contribution in [3.05, 3.63) is 36.1 Å². The Morgan fingerprint density at radius 3 is 2.67 bits per heavy atom. The molecule has 0 saturated heterocycles. The van der Waals surface area contributed by atoms with Gasteiger partial charge in [0.05, 0.1) is 7.11 Å². The zero-order chi connectivity index (χ0) is 15.2. The van der Waals surface area contributed by atoms with Gasteiger partial charge in [0.2, 0.25) is 0 Å². The zero-order valence-electron chi connectivity index (χ0n) is 12.3. The van der Waals surface area contributed by atoms with Crippen LogP contribution in [0.3, 0.4) is 0 Å². The van der Waals surface area contributed by atoms with Crippen LogP contribution in [0, 0.1) is 6.92 Å². The molecule has 21 heavy (non-hydrogen) atoms. The summed E-state index contributed by atoms with van der Waals surface area (Å²) in [5.74, 6) is 1.83. The van der Waals surface area contributed by atoms with Crippen LogP contribution in [0.15, 0.2) is 34.9 Å². The van der Waals surface area contributed by atoms with Gasteiger partial charge in [-0.2, -0.15) is 0 Å². The molecule has 1 heterocycles. The average Bonchev–Trinajstić information content (AvgIpc) is 2.90. The smallest absolute Gasteiger partial charge is 0.266 e. The molecule has 0 aliphatic rings. The molecule has 1 unspecified atom stereocenters. The van der Waals surface area contributed by atoms with E-state index in [4.69, 9.17) is 14.0 Å². The van der Waals surface area contributed by atoms with Crippen molar-refractivity contribution in [2.24, 2.45) is 0 Å². The van der Waals surface area contributed by atoms with Crippen LogP contribution in [0.2, 0.25) is 0 Å². The lowest BCUT2D eigenvalue weighted by Crippen LogP contribution is -2.32. The Kier molecular flexibility index (Phi) is 4.81. The van der Waals surface area contributed by atoms with E-state index >= 15 is 0 Å². The Hall–Kier alpha value is -2.50. The normalized spacial score (nSPS) is 11.8. The van der Waals surface area contributed by atoms with E-state index in [0.717, 1.165) is 0 Å². The number of carbonyl (C=O) groups excluding carboxylic acids is 1. The summed E-state index contributed by atoms with van der Waals surface area (Å²) in [7, 11) is 1.56. The van der Waals surface area contributed by atoms with Crippen LogP contribution in [-0.2, 0) is 4.79 Å². The van der Waals surface area contributed by atoms with Crippen LogP contribution in [0.4, 0.5) is 5.82 Å². The molecule has 1 N–H and O–H groups in total.